The molecule has 26 heteroatoms. The Bertz CT molecular complexity index is 2410. The van der Waals surface area contributed by atoms with Crippen LogP contribution in [-0.4, -0.2) is 144 Å². The van der Waals surface area contributed by atoms with Gasteiger partial charge in [0.25, 0.3) is 0 Å². The molecule has 1 aliphatic rings. The second kappa shape index (κ2) is 34.2. The minimum Gasteiger partial charge on any atom is -0.480 e. The first-order valence-electron chi connectivity index (χ1n) is 24.6. The lowest BCUT2D eigenvalue weighted by Crippen LogP contribution is -2.60. The summed E-state index contributed by atoms with van der Waals surface area (Å²) in [6, 6.07) is 8.93. The van der Waals surface area contributed by atoms with Crippen molar-refractivity contribution in [2.75, 3.05) is 32.7 Å². The highest BCUT2D eigenvalue weighted by Gasteiger charge is 2.33. The minimum absolute atomic E-state index is 0.0347. The van der Waals surface area contributed by atoms with Crippen molar-refractivity contribution in [1.29, 1.82) is 0 Å². The van der Waals surface area contributed by atoms with Crippen molar-refractivity contribution in [2.45, 2.75) is 122 Å². The van der Waals surface area contributed by atoms with Gasteiger partial charge in [-0.1, -0.05) is 55.5 Å². The van der Waals surface area contributed by atoms with Gasteiger partial charge in [0.1, 0.15) is 36.3 Å². The van der Waals surface area contributed by atoms with E-state index in [1.165, 1.54) is 30.3 Å². The van der Waals surface area contributed by atoms with E-state index in [2.05, 4.69) is 82.6 Å². The van der Waals surface area contributed by atoms with Gasteiger partial charge in [-0.25, -0.2) is 4.79 Å². The molecule has 3 aromatic rings. The summed E-state index contributed by atoms with van der Waals surface area (Å²) in [6.45, 7) is 6.74. The normalized spacial score (nSPS) is 20.2. The maximum atomic E-state index is 14.0. The summed E-state index contributed by atoms with van der Waals surface area (Å²) in [5.74, 6) is -7.30. The van der Waals surface area contributed by atoms with Crippen LogP contribution in [0.5, 0.6) is 0 Å². The van der Waals surface area contributed by atoms with Crippen LogP contribution in [0.1, 0.15) is 83.3 Å². The molecule has 6 atom stereocenters. The molecule has 0 spiro atoms. The van der Waals surface area contributed by atoms with Gasteiger partial charge in [0.2, 0.25) is 47.3 Å². The van der Waals surface area contributed by atoms with Crippen LogP contribution < -0.4 is 71.2 Å². The number of nitrogens with two attached hydrogens (primary N) is 5. The van der Waals surface area contributed by atoms with E-state index >= 15 is 0 Å². The molecule has 4 rings (SSSR count). The van der Waals surface area contributed by atoms with E-state index in [4.69, 9.17) is 28.7 Å². The topological polar surface area (TPSA) is 441 Å². The van der Waals surface area contributed by atoms with Gasteiger partial charge in [-0.05, 0) is 82.5 Å². The summed E-state index contributed by atoms with van der Waals surface area (Å²) >= 11 is 0. The van der Waals surface area contributed by atoms with Crippen molar-refractivity contribution < 1.29 is 48.3 Å². The highest BCUT2D eigenvalue weighted by molar-refractivity contribution is 5.97. The monoisotopic (exact) mass is 1050 g/mol. The second-order valence-corrected chi connectivity index (χ2v) is 17.4. The summed E-state index contributed by atoms with van der Waals surface area (Å²) in [5.41, 5.74) is 29.8. The van der Waals surface area contributed by atoms with Gasteiger partial charge >= 0.3 is 5.97 Å². The molecule has 1 aliphatic heterocycles. The summed E-state index contributed by atoms with van der Waals surface area (Å²) in [6.07, 6.45) is 2.58. The van der Waals surface area contributed by atoms with E-state index in [1.807, 2.05) is 19.2 Å². The standard InChI is InChI=1S/C36H56N12O10.C9H9N.C4H11N3/c1-20-30(52)47-26(35(57)58)14-17-40-28(50)12-6-10-23(44-29(51)19-42-21(2)49)32(54)46-25(13-15-37)33(55)48-27(18-22-8-4-3-5-9-22)34(56)45-24(31(53)43-20)11-7-16-41-36(38)39;1-7-6-10-9-5-3-2-4-8(7)9;1-2-3-7-4(5)6/h3-5,8-9,20,23-27H,6-7,10-19,37H2,1-2H3,(H,40,50)(H,42,49)(H,43,53)(H,44,51)(H,45,56)(H,46,54)(H,47,52)(H,48,55)(H,57,58)(H4,38,39,41);2-6,10H,1H3;2-3H2,1H3,(H4,5,6,7)/t20-,23?,24?,25-,26?,27?;;/m0../s1. The molecule has 0 radical (unpaired) electrons. The summed E-state index contributed by atoms with van der Waals surface area (Å²) < 4.78 is 0. The predicted octanol–water partition coefficient (Wildman–Crippen LogP) is -2.38. The Morgan fingerprint density at radius 1 is 0.747 bits per heavy atom. The number of aliphatic carboxylic acids is 1. The number of amides is 8. The van der Waals surface area contributed by atoms with Crippen LogP contribution in [0.15, 0.2) is 70.8 Å². The van der Waals surface area contributed by atoms with Crippen LogP contribution in [0.25, 0.3) is 10.9 Å². The first-order valence-corrected chi connectivity index (χ1v) is 24.6. The molecule has 2 heterocycles. The maximum Gasteiger partial charge on any atom is 0.326 e. The quantitative estimate of drug-likeness (QED) is 0.0455. The Kier molecular flexibility index (Phi) is 28.6. The van der Waals surface area contributed by atoms with Crippen LogP contribution in [0.4, 0.5) is 0 Å². The van der Waals surface area contributed by atoms with Gasteiger partial charge in [-0.3, -0.25) is 48.3 Å². The number of hydrogen-bond acceptors (Lipinski definition) is 12. The first-order chi connectivity index (χ1) is 35.6. The smallest absolute Gasteiger partial charge is 0.326 e. The number of aryl methyl sites for hydroxylation is 1. The van der Waals surface area contributed by atoms with E-state index in [-0.39, 0.29) is 82.9 Å². The van der Waals surface area contributed by atoms with Gasteiger partial charge in [-0.2, -0.15) is 0 Å². The fraction of sp³-hybridized carbons (Fsp3) is 0.490. The van der Waals surface area contributed by atoms with Gasteiger partial charge in [0, 0.05) is 56.5 Å². The van der Waals surface area contributed by atoms with Crippen LogP contribution in [0.2, 0.25) is 0 Å². The molecule has 1 aromatic heterocycles. The molecule has 4 unspecified atom stereocenters. The number of hydrogen-bond donors (Lipinski definition) is 15. The average molecular weight is 1050 g/mol. The molecule has 412 valence electrons. The SMILES string of the molecule is CC(=O)NCC(=O)NC1CCCC(=O)NCCC(C(=O)O)NC(=O)[C@H](C)NC(=O)C(CCCN=C(N)N)NC(=O)C(Cc2ccccc2)NC(=O)[C@H](CCN)NC1=O.CCCN=C(N)N.Cc1c[nH]c2ccccc12. The molecular formula is C49H76N16O10. The van der Waals surface area contributed by atoms with Crippen LogP contribution in [-0.2, 0) is 49.6 Å². The molecule has 0 saturated carbocycles. The number of aromatic nitrogens is 1. The van der Waals surface area contributed by atoms with Crippen molar-refractivity contribution in [3.8, 4) is 0 Å². The number of fused-ring (bicyclic) bond motifs is 1. The second-order valence-electron chi connectivity index (χ2n) is 17.4. The lowest BCUT2D eigenvalue weighted by Gasteiger charge is -2.27. The Balaban J connectivity index is 0.000000944. The third-order valence-electron chi connectivity index (χ3n) is 11.1. The number of carbonyl (C=O) groups excluding carboxylic acids is 8. The Hall–Kier alpha value is -8.29. The number of aromatic amines is 1. The molecule has 1 saturated heterocycles. The summed E-state index contributed by atoms with van der Waals surface area (Å²) in [5, 5.41) is 31.1. The predicted molar refractivity (Wildman–Crippen MR) is 283 cm³/mol. The number of nitrogens with zero attached hydrogens (tertiary/aromatic N) is 2. The van der Waals surface area contributed by atoms with Crippen molar-refractivity contribution >= 4 is 76.0 Å². The number of nitrogens with one attached hydrogen (secondary N) is 9. The maximum absolute atomic E-state index is 14.0. The summed E-state index contributed by atoms with van der Waals surface area (Å²) in [7, 11) is 0. The Morgan fingerprint density at radius 3 is 1.96 bits per heavy atom. The number of carboxylic acids is 1. The lowest BCUT2D eigenvalue weighted by molar-refractivity contribution is -0.142. The fourth-order valence-corrected chi connectivity index (χ4v) is 7.10. The van der Waals surface area contributed by atoms with Gasteiger partial charge in [0.15, 0.2) is 11.9 Å². The number of H-pyrrole nitrogens is 1. The average Bonchev–Trinajstić information content (AvgIpc) is 3.74. The minimum atomic E-state index is -1.46. The molecule has 8 amide bonds. The molecule has 2 aromatic carbocycles. The highest BCUT2D eigenvalue weighted by atomic mass is 16.4. The van der Waals surface area contributed by atoms with E-state index in [0.717, 1.165) is 13.0 Å². The van der Waals surface area contributed by atoms with E-state index in [1.54, 1.807) is 30.3 Å². The largest absolute Gasteiger partial charge is 0.480 e. The molecule has 1 fully saturated rings. The van der Waals surface area contributed by atoms with E-state index in [0.29, 0.717) is 5.56 Å². The van der Waals surface area contributed by atoms with Crippen molar-refractivity contribution in [2.24, 2.45) is 38.7 Å². The van der Waals surface area contributed by atoms with Crippen molar-refractivity contribution in [1.82, 2.24) is 47.5 Å². The zero-order valence-electron chi connectivity index (χ0n) is 43.0. The zero-order chi connectivity index (χ0) is 55.9. The zero-order valence-corrected chi connectivity index (χ0v) is 43.0. The Labute approximate surface area is 435 Å². The molecule has 0 bridgehead atoms. The number of rotatable bonds is 14. The number of para-hydroxylation sites is 1. The lowest BCUT2D eigenvalue weighted by atomic mass is 10.0. The van der Waals surface area contributed by atoms with Crippen LogP contribution >= 0.6 is 0 Å². The molecule has 75 heavy (non-hydrogen) atoms. The van der Waals surface area contributed by atoms with Gasteiger partial charge in [0.05, 0.1) is 6.54 Å². The van der Waals surface area contributed by atoms with E-state index < -0.39 is 96.0 Å². The van der Waals surface area contributed by atoms with Gasteiger partial charge < -0.3 is 81.3 Å². The van der Waals surface area contributed by atoms with Crippen LogP contribution in [0.3, 0.4) is 0 Å². The molecule has 26 nitrogen and oxygen atoms in total. The third-order valence-corrected chi connectivity index (χ3v) is 11.1. The van der Waals surface area contributed by atoms with Crippen molar-refractivity contribution in [3.05, 3.63) is 71.9 Å². The van der Waals surface area contributed by atoms with Crippen molar-refractivity contribution in [3.63, 3.8) is 0 Å². The fourth-order valence-electron chi connectivity index (χ4n) is 7.10. The number of benzene rings is 2. The van der Waals surface area contributed by atoms with Crippen LogP contribution in [0, 0.1) is 6.92 Å². The van der Waals surface area contributed by atoms with E-state index in [9.17, 15) is 48.3 Å². The number of aliphatic imine (C=N–C) groups is 2. The molecule has 0 aliphatic carbocycles. The number of guanidine groups is 2. The number of carbonyl (C=O) groups is 9. The summed E-state index contributed by atoms with van der Waals surface area (Å²) in [4.78, 5) is 128. The van der Waals surface area contributed by atoms with Gasteiger partial charge in [-0.15, -0.1) is 0 Å². The Morgan fingerprint density at radius 2 is 1.35 bits per heavy atom. The third kappa shape index (κ3) is 25.3. The molecular weight excluding hydrogens is 973 g/mol. The number of carboxylic acid groups (broad SMARTS) is 1. The molecule has 20 N–H and O–H groups in total. The highest BCUT2D eigenvalue weighted by Crippen LogP contribution is 2.15. The first kappa shape index (κ1) is 62.8.